The molecule has 4 heteroatoms. The number of ether oxygens (including phenoxy) is 1. The summed E-state index contributed by atoms with van der Waals surface area (Å²) in [6.07, 6.45) is 3.44. The SMILES string of the molecule is COCc1ccc(C(=O)N[C@@H](C)c2ccncc2)cc1. The molecule has 0 unspecified atom stereocenters. The van der Waals surface area contributed by atoms with Gasteiger partial charge in [0.2, 0.25) is 0 Å². The van der Waals surface area contributed by atoms with Crippen molar-refractivity contribution in [2.45, 2.75) is 19.6 Å². The van der Waals surface area contributed by atoms with Crippen LogP contribution >= 0.6 is 0 Å². The Hall–Kier alpha value is -2.20. The van der Waals surface area contributed by atoms with E-state index >= 15 is 0 Å². The fraction of sp³-hybridized carbons (Fsp3) is 0.250. The van der Waals surface area contributed by atoms with Crippen LogP contribution in [0.2, 0.25) is 0 Å². The molecule has 2 rings (SSSR count). The third-order valence-corrected chi connectivity index (χ3v) is 3.08. The van der Waals surface area contributed by atoms with Crippen molar-refractivity contribution in [2.75, 3.05) is 7.11 Å². The number of carbonyl (C=O) groups excluding carboxylic acids is 1. The topological polar surface area (TPSA) is 51.2 Å². The maximum atomic E-state index is 12.1. The summed E-state index contributed by atoms with van der Waals surface area (Å²) in [6.45, 7) is 2.50. The van der Waals surface area contributed by atoms with Crippen LogP contribution in [0.4, 0.5) is 0 Å². The molecule has 0 aliphatic rings. The minimum atomic E-state index is -0.0849. The van der Waals surface area contributed by atoms with Crippen molar-refractivity contribution in [3.8, 4) is 0 Å². The number of carbonyl (C=O) groups is 1. The van der Waals surface area contributed by atoms with Crippen molar-refractivity contribution in [3.63, 3.8) is 0 Å². The average molecular weight is 270 g/mol. The molecule has 0 fully saturated rings. The number of amides is 1. The summed E-state index contributed by atoms with van der Waals surface area (Å²) in [5.41, 5.74) is 2.72. The van der Waals surface area contributed by atoms with Gasteiger partial charge in [-0.2, -0.15) is 0 Å². The molecule has 0 saturated carbocycles. The molecule has 1 amide bonds. The van der Waals surface area contributed by atoms with E-state index in [1.807, 2.05) is 43.3 Å². The van der Waals surface area contributed by atoms with Crippen LogP contribution < -0.4 is 5.32 Å². The van der Waals surface area contributed by atoms with Gasteiger partial charge in [-0.1, -0.05) is 12.1 Å². The van der Waals surface area contributed by atoms with E-state index in [0.29, 0.717) is 12.2 Å². The first kappa shape index (κ1) is 14.2. The van der Waals surface area contributed by atoms with Crippen molar-refractivity contribution in [1.29, 1.82) is 0 Å². The van der Waals surface area contributed by atoms with Crippen LogP contribution in [0.1, 0.15) is 34.5 Å². The predicted molar refractivity (Wildman–Crippen MR) is 77.3 cm³/mol. The standard InChI is InChI=1S/C16H18N2O2/c1-12(14-7-9-17-10-8-14)18-16(19)15-5-3-13(4-6-15)11-20-2/h3-10,12H,11H2,1-2H3,(H,18,19)/t12-/m0/s1. The molecule has 1 N–H and O–H groups in total. The molecule has 4 nitrogen and oxygen atoms in total. The lowest BCUT2D eigenvalue weighted by molar-refractivity contribution is 0.0940. The number of pyridine rings is 1. The van der Waals surface area contributed by atoms with Crippen LogP contribution in [0.15, 0.2) is 48.8 Å². The zero-order chi connectivity index (χ0) is 14.4. The highest BCUT2D eigenvalue weighted by molar-refractivity contribution is 5.94. The molecule has 0 aliphatic heterocycles. The van der Waals surface area contributed by atoms with Gasteiger partial charge in [-0.3, -0.25) is 9.78 Å². The number of hydrogen-bond donors (Lipinski definition) is 1. The van der Waals surface area contributed by atoms with Crippen molar-refractivity contribution < 1.29 is 9.53 Å². The van der Waals surface area contributed by atoms with Crippen LogP contribution in [0, 0.1) is 0 Å². The van der Waals surface area contributed by atoms with Crippen molar-refractivity contribution in [3.05, 3.63) is 65.5 Å². The van der Waals surface area contributed by atoms with Crippen LogP contribution in [-0.2, 0) is 11.3 Å². The van der Waals surface area contributed by atoms with Crippen LogP contribution in [-0.4, -0.2) is 18.0 Å². The van der Waals surface area contributed by atoms with E-state index < -0.39 is 0 Å². The van der Waals surface area contributed by atoms with E-state index in [1.165, 1.54) is 0 Å². The lowest BCUT2D eigenvalue weighted by atomic mass is 10.1. The maximum Gasteiger partial charge on any atom is 0.251 e. The van der Waals surface area contributed by atoms with Crippen molar-refractivity contribution >= 4 is 5.91 Å². The van der Waals surface area contributed by atoms with Gasteiger partial charge < -0.3 is 10.1 Å². The molecular formula is C16H18N2O2. The van der Waals surface area contributed by atoms with E-state index in [0.717, 1.165) is 11.1 Å². The van der Waals surface area contributed by atoms with Gasteiger partial charge in [0.1, 0.15) is 0 Å². The lowest BCUT2D eigenvalue weighted by Crippen LogP contribution is -2.26. The molecule has 1 aromatic carbocycles. The largest absolute Gasteiger partial charge is 0.380 e. The van der Waals surface area contributed by atoms with Gasteiger partial charge >= 0.3 is 0 Å². The first-order chi connectivity index (χ1) is 9.70. The second-order valence-electron chi connectivity index (χ2n) is 4.61. The molecule has 1 heterocycles. The lowest BCUT2D eigenvalue weighted by Gasteiger charge is -2.14. The van der Waals surface area contributed by atoms with Gasteiger partial charge in [0.25, 0.3) is 5.91 Å². The number of benzene rings is 1. The van der Waals surface area contributed by atoms with Gasteiger partial charge in [0.15, 0.2) is 0 Å². The normalized spacial score (nSPS) is 11.9. The molecule has 104 valence electrons. The highest BCUT2D eigenvalue weighted by Crippen LogP contribution is 2.12. The van der Waals surface area contributed by atoms with Crippen molar-refractivity contribution in [2.24, 2.45) is 0 Å². The average Bonchev–Trinajstić information content (AvgIpc) is 2.49. The van der Waals surface area contributed by atoms with Gasteiger partial charge in [0.05, 0.1) is 12.6 Å². The minimum absolute atomic E-state index is 0.0517. The third kappa shape index (κ3) is 3.65. The van der Waals surface area contributed by atoms with E-state index in [-0.39, 0.29) is 11.9 Å². The Morgan fingerprint density at radius 3 is 2.45 bits per heavy atom. The first-order valence-corrected chi connectivity index (χ1v) is 6.49. The summed E-state index contributed by atoms with van der Waals surface area (Å²) < 4.78 is 5.04. The zero-order valence-electron chi connectivity index (χ0n) is 11.7. The summed E-state index contributed by atoms with van der Waals surface area (Å²) in [6, 6.07) is 11.2. The molecule has 20 heavy (non-hydrogen) atoms. The molecular weight excluding hydrogens is 252 g/mol. The minimum Gasteiger partial charge on any atom is -0.380 e. The monoisotopic (exact) mass is 270 g/mol. The summed E-state index contributed by atoms with van der Waals surface area (Å²) in [4.78, 5) is 16.1. The van der Waals surface area contributed by atoms with E-state index in [1.54, 1.807) is 19.5 Å². The molecule has 0 spiro atoms. The van der Waals surface area contributed by atoms with Crippen molar-refractivity contribution in [1.82, 2.24) is 10.3 Å². The van der Waals surface area contributed by atoms with Crippen LogP contribution in [0.3, 0.4) is 0 Å². The van der Waals surface area contributed by atoms with Crippen LogP contribution in [0.25, 0.3) is 0 Å². The Bertz CT molecular complexity index is 552. The Labute approximate surface area is 118 Å². The highest BCUT2D eigenvalue weighted by Gasteiger charge is 2.11. The molecule has 2 aromatic rings. The Balaban J connectivity index is 2.01. The number of rotatable bonds is 5. The predicted octanol–water partition coefficient (Wildman–Crippen LogP) is 2.72. The van der Waals surface area contributed by atoms with Gasteiger partial charge in [-0.15, -0.1) is 0 Å². The Morgan fingerprint density at radius 1 is 1.20 bits per heavy atom. The molecule has 1 atom stereocenters. The number of nitrogens with one attached hydrogen (secondary N) is 1. The second kappa shape index (κ2) is 6.82. The fourth-order valence-corrected chi connectivity index (χ4v) is 1.93. The molecule has 0 radical (unpaired) electrons. The summed E-state index contributed by atoms with van der Waals surface area (Å²) >= 11 is 0. The number of aromatic nitrogens is 1. The Morgan fingerprint density at radius 2 is 1.85 bits per heavy atom. The smallest absolute Gasteiger partial charge is 0.251 e. The number of hydrogen-bond acceptors (Lipinski definition) is 3. The third-order valence-electron chi connectivity index (χ3n) is 3.08. The second-order valence-corrected chi connectivity index (χ2v) is 4.61. The van der Waals surface area contributed by atoms with E-state index in [9.17, 15) is 4.79 Å². The first-order valence-electron chi connectivity index (χ1n) is 6.49. The molecule has 0 saturated heterocycles. The highest BCUT2D eigenvalue weighted by atomic mass is 16.5. The quantitative estimate of drug-likeness (QED) is 0.908. The summed E-state index contributed by atoms with van der Waals surface area (Å²) in [7, 11) is 1.65. The molecule has 0 bridgehead atoms. The van der Waals surface area contributed by atoms with E-state index in [4.69, 9.17) is 4.74 Å². The summed E-state index contributed by atoms with van der Waals surface area (Å²) in [5.74, 6) is -0.0849. The number of methoxy groups -OCH3 is 1. The fourth-order valence-electron chi connectivity index (χ4n) is 1.93. The maximum absolute atomic E-state index is 12.1. The Kier molecular flexibility index (Phi) is 4.85. The zero-order valence-corrected chi connectivity index (χ0v) is 11.7. The summed E-state index contributed by atoms with van der Waals surface area (Å²) in [5, 5.41) is 2.97. The number of nitrogens with zero attached hydrogens (tertiary/aromatic N) is 1. The molecule has 1 aromatic heterocycles. The molecule has 0 aliphatic carbocycles. The van der Waals surface area contributed by atoms with E-state index in [2.05, 4.69) is 10.3 Å². The van der Waals surface area contributed by atoms with Gasteiger partial charge in [0, 0.05) is 25.1 Å². The van der Waals surface area contributed by atoms with Gasteiger partial charge in [-0.25, -0.2) is 0 Å². The van der Waals surface area contributed by atoms with Crippen LogP contribution in [0.5, 0.6) is 0 Å². The van der Waals surface area contributed by atoms with Gasteiger partial charge in [-0.05, 0) is 42.3 Å².